The molecule has 2 rings (SSSR count). The minimum atomic E-state index is -0.469. The van der Waals surface area contributed by atoms with Crippen molar-refractivity contribution in [1.29, 1.82) is 0 Å². The lowest BCUT2D eigenvalue weighted by molar-refractivity contribution is 0.0735. The van der Waals surface area contributed by atoms with Crippen LogP contribution in [0.5, 0.6) is 11.5 Å². The van der Waals surface area contributed by atoms with Gasteiger partial charge in [-0.15, -0.1) is 0 Å². The predicted molar refractivity (Wildman–Crippen MR) is 97.6 cm³/mol. The fourth-order valence-corrected chi connectivity index (χ4v) is 2.54. The molecule has 0 unspecified atom stereocenters. The topological polar surface area (TPSA) is 35.5 Å². The summed E-state index contributed by atoms with van der Waals surface area (Å²) in [5.74, 6) is 0.591. The third kappa shape index (κ3) is 5.15. The molecule has 3 nitrogen and oxygen atoms in total. The Kier molecular flexibility index (Phi) is 6.95. The largest absolute Gasteiger partial charge is 0.494 e. The molecule has 0 aliphatic heterocycles. The van der Waals surface area contributed by atoms with Crippen molar-refractivity contribution in [3.63, 3.8) is 0 Å². The highest BCUT2D eigenvalue weighted by atomic mass is 35.5. The number of benzene rings is 2. The SMILES string of the molecule is CCCCCOc1ccc(C(=O)Oc2cc(Cl)c(C)c(Cl)c2)cc1. The molecule has 0 saturated heterocycles. The third-order valence-corrected chi connectivity index (χ3v) is 4.36. The Morgan fingerprint density at radius 2 is 1.62 bits per heavy atom. The van der Waals surface area contributed by atoms with Gasteiger partial charge in [-0.1, -0.05) is 43.0 Å². The Balaban J connectivity index is 1.97. The molecule has 0 radical (unpaired) electrons. The number of rotatable bonds is 7. The van der Waals surface area contributed by atoms with Crippen LogP contribution >= 0.6 is 23.2 Å². The Hall–Kier alpha value is -1.71. The maximum atomic E-state index is 12.2. The van der Waals surface area contributed by atoms with Crippen LogP contribution in [0.1, 0.15) is 42.1 Å². The highest BCUT2D eigenvalue weighted by molar-refractivity contribution is 6.36. The van der Waals surface area contributed by atoms with Gasteiger partial charge in [-0.05, 0) is 55.3 Å². The fourth-order valence-electron chi connectivity index (χ4n) is 2.08. The molecule has 0 bridgehead atoms. The minimum Gasteiger partial charge on any atom is -0.494 e. The van der Waals surface area contributed by atoms with Gasteiger partial charge in [0, 0.05) is 10.0 Å². The van der Waals surface area contributed by atoms with Crippen LogP contribution in [0.15, 0.2) is 36.4 Å². The van der Waals surface area contributed by atoms with Crippen LogP contribution in [0.4, 0.5) is 0 Å². The van der Waals surface area contributed by atoms with E-state index < -0.39 is 5.97 Å². The second-order valence-corrected chi connectivity index (χ2v) is 6.30. The monoisotopic (exact) mass is 366 g/mol. The van der Waals surface area contributed by atoms with Crippen molar-refractivity contribution in [2.75, 3.05) is 6.61 Å². The molecular weight excluding hydrogens is 347 g/mol. The second-order valence-electron chi connectivity index (χ2n) is 5.48. The normalized spacial score (nSPS) is 10.5. The highest BCUT2D eigenvalue weighted by Crippen LogP contribution is 2.29. The van der Waals surface area contributed by atoms with Crippen molar-refractivity contribution in [1.82, 2.24) is 0 Å². The van der Waals surface area contributed by atoms with Crippen LogP contribution in [0.2, 0.25) is 10.0 Å². The molecule has 0 amide bonds. The summed E-state index contributed by atoms with van der Waals surface area (Å²) in [6.07, 6.45) is 3.32. The summed E-state index contributed by atoms with van der Waals surface area (Å²) < 4.78 is 10.9. The van der Waals surface area contributed by atoms with E-state index in [1.165, 1.54) is 0 Å². The van der Waals surface area contributed by atoms with E-state index in [-0.39, 0.29) is 0 Å². The molecule has 0 atom stereocenters. The third-order valence-electron chi connectivity index (χ3n) is 3.57. The first-order valence-electron chi connectivity index (χ1n) is 7.92. The van der Waals surface area contributed by atoms with Crippen molar-refractivity contribution in [2.24, 2.45) is 0 Å². The summed E-state index contributed by atoms with van der Waals surface area (Å²) in [6.45, 7) is 4.63. The van der Waals surface area contributed by atoms with E-state index in [9.17, 15) is 4.79 Å². The van der Waals surface area contributed by atoms with E-state index in [0.717, 1.165) is 30.6 Å². The highest BCUT2D eigenvalue weighted by Gasteiger charge is 2.11. The van der Waals surface area contributed by atoms with Crippen LogP contribution < -0.4 is 9.47 Å². The van der Waals surface area contributed by atoms with E-state index in [0.29, 0.717) is 28.0 Å². The predicted octanol–water partition coefficient (Wildman–Crippen LogP) is 6.09. The standard InChI is InChI=1S/C19H20Cl2O3/c1-3-4-5-10-23-15-8-6-14(7-9-15)19(22)24-16-11-17(20)13(2)18(21)12-16/h6-9,11-12H,3-5,10H2,1-2H3. The second kappa shape index (κ2) is 8.95. The molecule has 0 aromatic heterocycles. The summed E-state index contributed by atoms with van der Waals surface area (Å²) in [6, 6.07) is 10.0. The number of carbonyl (C=O) groups excluding carboxylic acids is 1. The first-order chi connectivity index (χ1) is 11.5. The Labute approximate surface area is 152 Å². The van der Waals surface area contributed by atoms with Gasteiger partial charge in [0.05, 0.1) is 12.2 Å². The lowest BCUT2D eigenvalue weighted by Gasteiger charge is -2.09. The summed E-state index contributed by atoms with van der Waals surface area (Å²) in [5, 5.41) is 0.919. The maximum absolute atomic E-state index is 12.2. The number of hydrogen-bond acceptors (Lipinski definition) is 3. The smallest absolute Gasteiger partial charge is 0.343 e. The Morgan fingerprint density at radius 1 is 1.00 bits per heavy atom. The molecule has 24 heavy (non-hydrogen) atoms. The lowest BCUT2D eigenvalue weighted by Crippen LogP contribution is -2.08. The molecule has 0 aliphatic carbocycles. The number of esters is 1. The van der Waals surface area contributed by atoms with E-state index in [1.54, 1.807) is 43.3 Å². The average molecular weight is 367 g/mol. The number of ether oxygens (including phenoxy) is 2. The van der Waals surface area contributed by atoms with Crippen molar-refractivity contribution in [3.8, 4) is 11.5 Å². The zero-order valence-corrected chi connectivity index (χ0v) is 15.3. The van der Waals surface area contributed by atoms with Gasteiger partial charge in [0.2, 0.25) is 0 Å². The molecule has 0 heterocycles. The fraction of sp³-hybridized carbons (Fsp3) is 0.316. The molecule has 128 valence electrons. The van der Waals surface area contributed by atoms with Crippen molar-refractivity contribution >= 4 is 29.2 Å². The Bertz CT molecular complexity index is 673. The van der Waals surface area contributed by atoms with Gasteiger partial charge in [0.25, 0.3) is 0 Å². The summed E-state index contributed by atoms with van der Waals surface area (Å²) >= 11 is 12.1. The number of hydrogen-bond donors (Lipinski definition) is 0. The molecule has 0 spiro atoms. The molecule has 2 aromatic rings. The molecule has 2 aromatic carbocycles. The molecule has 5 heteroatoms. The Morgan fingerprint density at radius 3 is 2.21 bits per heavy atom. The number of halogens is 2. The summed E-state index contributed by atoms with van der Waals surface area (Å²) in [5.41, 5.74) is 1.19. The first-order valence-corrected chi connectivity index (χ1v) is 8.67. The van der Waals surface area contributed by atoms with Gasteiger partial charge < -0.3 is 9.47 Å². The molecule has 0 saturated carbocycles. The van der Waals surface area contributed by atoms with Gasteiger partial charge in [0.15, 0.2) is 0 Å². The van der Waals surface area contributed by atoms with Gasteiger partial charge >= 0.3 is 5.97 Å². The van der Waals surface area contributed by atoms with Crippen molar-refractivity contribution < 1.29 is 14.3 Å². The zero-order valence-electron chi connectivity index (χ0n) is 13.8. The van der Waals surface area contributed by atoms with E-state index in [4.69, 9.17) is 32.7 Å². The number of carbonyl (C=O) groups is 1. The van der Waals surface area contributed by atoms with E-state index >= 15 is 0 Å². The van der Waals surface area contributed by atoms with Crippen molar-refractivity contribution in [2.45, 2.75) is 33.1 Å². The number of unbranched alkanes of at least 4 members (excludes halogenated alkanes) is 2. The van der Waals surface area contributed by atoms with Crippen LogP contribution in [-0.2, 0) is 0 Å². The average Bonchev–Trinajstić information content (AvgIpc) is 2.57. The van der Waals surface area contributed by atoms with Crippen LogP contribution in [-0.4, -0.2) is 12.6 Å². The quantitative estimate of drug-likeness (QED) is 0.337. The summed E-state index contributed by atoms with van der Waals surface area (Å²) in [4.78, 5) is 12.2. The van der Waals surface area contributed by atoms with Crippen LogP contribution in [0, 0.1) is 6.92 Å². The zero-order chi connectivity index (χ0) is 17.5. The van der Waals surface area contributed by atoms with Crippen LogP contribution in [0.25, 0.3) is 0 Å². The first kappa shape index (κ1) is 18.6. The van der Waals surface area contributed by atoms with Gasteiger partial charge in [0.1, 0.15) is 11.5 Å². The lowest BCUT2D eigenvalue weighted by atomic mass is 10.2. The minimum absolute atomic E-state index is 0.320. The molecular formula is C19H20Cl2O3. The van der Waals surface area contributed by atoms with Gasteiger partial charge in [-0.2, -0.15) is 0 Å². The maximum Gasteiger partial charge on any atom is 0.343 e. The molecule has 0 N–H and O–H groups in total. The van der Waals surface area contributed by atoms with Crippen LogP contribution in [0.3, 0.4) is 0 Å². The molecule has 0 aliphatic rings. The summed E-state index contributed by atoms with van der Waals surface area (Å²) in [7, 11) is 0. The van der Waals surface area contributed by atoms with Crippen molar-refractivity contribution in [3.05, 3.63) is 57.6 Å². The van der Waals surface area contributed by atoms with E-state index in [1.807, 2.05) is 0 Å². The van der Waals surface area contributed by atoms with E-state index in [2.05, 4.69) is 6.92 Å². The van der Waals surface area contributed by atoms with Gasteiger partial charge in [-0.3, -0.25) is 0 Å². The molecule has 0 fully saturated rings. The van der Waals surface area contributed by atoms with Gasteiger partial charge in [-0.25, -0.2) is 4.79 Å².